The maximum Gasteiger partial charge on any atom is 0.267 e. The van der Waals surface area contributed by atoms with Crippen LogP contribution in [0, 0.1) is 6.92 Å². The molecule has 114 valence electrons. The lowest BCUT2D eigenvalue weighted by molar-refractivity contribution is 0.584. The van der Waals surface area contributed by atoms with Gasteiger partial charge in [-0.25, -0.2) is 8.42 Å². The molecule has 0 N–H and O–H groups in total. The number of rotatable bonds is 5. The highest BCUT2D eigenvalue weighted by molar-refractivity contribution is 7.92. The molecular formula is C15H21N3O2S. The van der Waals surface area contributed by atoms with Gasteiger partial charge < -0.3 is 0 Å². The van der Waals surface area contributed by atoms with Crippen LogP contribution in [0.3, 0.4) is 0 Å². The van der Waals surface area contributed by atoms with Gasteiger partial charge in [-0.15, -0.1) is 0 Å². The lowest BCUT2D eigenvalue weighted by Gasteiger charge is -2.27. The zero-order valence-electron chi connectivity index (χ0n) is 12.8. The van der Waals surface area contributed by atoms with Crippen LogP contribution in [0.2, 0.25) is 0 Å². The van der Waals surface area contributed by atoms with Crippen LogP contribution >= 0.6 is 0 Å². The standard InChI is InChI=1S/C15H21N3O2S/c1-5-17-11-15(10-16-17)21(19,20)18(12(2)3)14-8-6-13(4)7-9-14/h6-12H,5H2,1-4H3. The summed E-state index contributed by atoms with van der Waals surface area (Å²) in [6, 6.07) is 7.31. The Hall–Kier alpha value is -1.82. The number of hydrogen-bond donors (Lipinski definition) is 0. The molecule has 0 amide bonds. The molecule has 0 saturated heterocycles. The van der Waals surface area contributed by atoms with Crippen molar-refractivity contribution < 1.29 is 8.42 Å². The van der Waals surface area contributed by atoms with E-state index in [0.717, 1.165) is 5.56 Å². The van der Waals surface area contributed by atoms with Crippen LogP contribution < -0.4 is 4.31 Å². The molecule has 0 bridgehead atoms. The summed E-state index contributed by atoms with van der Waals surface area (Å²) < 4.78 is 28.8. The van der Waals surface area contributed by atoms with Crippen molar-refractivity contribution >= 4 is 15.7 Å². The average Bonchev–Trinajstić information content (AvgIpc) is 2.90. The first-order valence-electron chi connectivity index (χ1n) is 6.99. The summed E-state index contributed by atoms with van der Waals surface area (Å²) in [5.41, 5.74) is 1.76. The van der Waals surface area contributed by atoms with Gasteiger partial charge in [0.2, 0.25) is 0 Å². The van der Waals surface area contributed by atoms with E-state index in [1.165, 1.54) is 10.5 Å². The summed E-state index contributed by atoms with van der Waals surface area (Å²) in [6.07, 6.45) is 2.97. The van der Waals surface area contributed by atoms with Crippen molar-refractivity contribution in [2.45, 2.75) is 45.2 Å². The van der Waals surface area contributed by atoms with Crippen molar-refractivity contribution in [2.24, 2.45) is 0 Å². The highest BCUT2D eigenvalue weighted by atomic mass is 32.2. The summed E-state index contributed by atoms with van der Waals surface area (Å²) >= 11 is 0. The van der Waals surface area contributed by atoms with Crippen LogP contribution in [0.25, 0.3) is 0 Å². The van der Waals surface area contributed by atoms with Crippen molar-refractivity contribution in [3.8, 4) is 0 Å². The highest BCUT2D eigenvalue weighted by Crippen LogP contribution is 2.26. The molecule has 0 unspecified atom stereocenters. The van der Waals surface area contributed by atoms with E-state index in [1.54, 1.807) is 10.9 Å². The molecule has 0 fully saturated rings. The third kappa shape index (κ3) is 3.10. The van der Waals surface area contributed by atoms with E-state index < -0.39 is 10.0 Å². The van der Waals surface area contributed by atoms with Crippen molar-refractivity contribution in [2.75, 3.05) is 4.31 Å². The Morgan fingerprint density at radius 2 is 1.86 bits per heavy atom. The van der Waals surface area contributed by atoms with Crippen LogP contribution in [-0.4, -0.2) is 24.2 Å². The fourth-order valence-electron chi connectivity index (χ4n) is 2.17. The number of sulfonamides is 1. The van der Waals surface area contributed by atoms with Gasteiger partial charge in [-0.2, -0.15) is 5.10 Å². The molecule has 21 heavy (non-hydrogen) atoms. The van der Waals surface area contributed by atoms with E-state index in [4.69, 9.17) is 0 Å². The molecule has 0 atom stereocenters. The number of hydrogen-bond acceptors (Lipinski definition) is 3. The van der Waals surface area contributed by atoms with Crippen molar-refractivity contribution in [3.63, 3.8) is 0 Å². The van der Waals surface area contributed by atoms with Crippen molar-refractivity contribution in [3.05, 3.63) is 42.2 Å². The molecule has 2 aromatic rings. The lowest BCUT2D eigenvalue weighted by atomic mass is 10.2. The first-order valence-corrected chi connectivity index (χ1v) is 8.44. The molecule has 0 aliphatic carbocycles. The highest BCUT2D eigenvalue weighted by Gasteiger charge is 2.28. The number of benzene rings is 1. The van der Waals surface area contributed by atoms with Gasteiger partial charge in [0.25, 0.3) is 10.0 Å². The molecule has 0 saturated carbocycles. The summed E-state index contributed by atoms with van der Waals surface area (Å²) in [5.74, 6) is 0. The van der Waals surface area contributed by atoms with Gasteiger partial charge in [-0.1, -0.05) is 17.7 Å². The number of aryl methyl sites for hydroxylation is 2. The maximum atomic E-state index is 12.9. The summed E-state index contributed by atoms with van der Waals surface area (Å²) in [6.45, 7) is 8.26. The predicted molar refractivity (Wildman–Crippen MR) is 83.9 cm³/mol. The first kappa shape index (κ1) is 15.6. The molecule has 0 spiro atoms. The minimum Gasteiger partial charge on any atom is -0.272 e. The Morgan fingerprint density at radius 1 is 1.24 bits per heavy atom. The largest absolute Gasteiger partial charge is 0.272 e. The molecule has 2 rings (SSSR count). The fraction of sp³-hybridized carbons (Fsp3) is 0.400. The normalized spacial score (nSPS) is 11.9. The smallest absolute Gasteiger partial charge is 0.267 e. The average molecular weight is 307 g/mol. The van der Waals surface area contributed by atoms with Gasteiger partial charge in [0.15, 0.2) is 0 Å². The molecule has 1 aromatic heterocycles. The van der Waals surface area contributed by atoms with E-state index in [2.05, 4.69) is 5.10 Å². The predicted octanol–water partition coefficient (Wildman–Crippen LogP) is 2.82. The van der Waals surface area contributed by atoms with E-state index in [1.807, 2.05) is 52.0 Å². The molecule has 6 heteroatoms. The second kappa shape index (κ2) is 5.89. The van der Waals surface area contributed by atoms with Crippen LogP contribution in [0.15, 0.2) is 41.6 Å². The second-order valence-corrected chi connectivity index (χ2v) is 7.08. The van der Waals surface area contributed by atoms with E-state index >= 15 is 0 Å². The summed E-state index contributed by atoms with van der Waals surface area (Å²) in [4.78, 5) is 0.221. The second-order valence-electron chi connectivity index (χ2n) is 5.26. The van der Waals surface area contributed by atoms with Gasteiger partial charge in [-0.05, 0) is 39.8 Å². The Labute approximate surface area is 126 Å². The molecule has 0 aliphatic heterocycles. The number of nitrogens with zero attached hydrogens (tertiary/aromatic N) is 3. The quantitative estimate of drug-likeness (QED) is 0.853. The summed E-state index contributed by atoms with van der Waals surface area (Å²) in [7, 11) is -3.61. The van der Waals surface area contributed by atoms with E-state index in [0.29, 0.717) is 12.2 Å². The van der Waals surface area contributed by atoms with Gasteiger partial charge in [0, 0.05) is 18.8 Å². The van der Waals surface area contributed by atoms with Crippen molar-refractivity contribution in [1.29, 1.82) is 0 Å². The monoisotopic (exact) mass is 307 g/mol. The molecule has 0 aliphatic rings. The number of aromatic nitrogens is 2. The molecule has 1 heterocycles. The van der Waals surface area contributed by atoms with Crippen molar-refractivity contribution in [1.82, 2.24) is 9.78 Å². The molecule has 5 nitrogen and oxygen atoms in total. The van der Waals surface area contributed by atoms with Gasteiger partial charge >= 0.3 is 0 Å². The van der Waals surface area contributed by atoms with Crippen LogP contribution in [-0.2, 0) is 16.6 Å². The van der Waals surface area contributed by atoms with Gasteiger partial charge in [0.05, 0.1) is 11.9 Å². The minimum absolute atomic E-state index is 0.178. The SMILES string of the molecule is CCn1cc(S(=O)(=O)N(c2ccc(C)cc2)C(C)C)cn1. The maximum absolute atomic E-state index is 12.9. The summed E-state index contributed by atoms with van der Waals surface area (Å²) in [5, 5.41) is 4.06. The first-order chi connectivity index (χ1) is 9.86. The Morgan fingerprint density at radius 3 is 2.33 bits per heavy atom. The fourth-order valence-corrected chi connectivity index (χ4v) is 3.79. The zero-order valence-corrected chi connectivity index (χ0v) is 13.6. The molecular weight excluding hydrogens is 286 g/mol. The Kier molecular flexibility index (Phi) is 4.37. The minimum atomic E-state index is -3.61. The lowest BCUT2D eigenvalue weighted by Crippen LogP contribution is -2.36. The topological polar surface area (TPSA) is 55.2 Å². The zero-order chi connectivity index (χ0) is 15.6. The van der Waals surface area contributed by atoms with Gasteiger partial charge in [-0.3, -0.25) is 8.99 Å². The van der Waals surface area contributed by atoms with Crippen LogP contribution in [0.1, 0.15) is 26.3 Å². The Balaban J connectivity index is 2.48. The number of anilines is 1. The third-order valence-corrected chi connectivity index (χ3v) is 5.20. The van der Waals surface area contributed by atoms with E-state index in [9.17, 15) is 8.42 Å². The third-order valence-electron chi connectivity index (χ3n) is 3.25. The Bertz CT molecular complexity index is 703. The van der Waals surface area contributed by atoms with Crippen LogP contribution in [0.4, 0.5) is 5.69 Å². The van der Waals surface area contributed by atoms with Crippen LogP contribution in [0.5, 0.6) is 0 Å². The molecule has 0 radical (unpaired) electrons. The molecule has 1 aromatic carbocycles. The van der Waals surface area contributed by atoms with E-state index in [-0.39, 0.29) is 10.9 Å². The van der Waals surface area contributed by atoms with Gasteiger partial charge in [0.1, 0.15) is 4.90 Å².